The molecule has 0 radical (unpaired) electrons. The van der Waals surface area contributed by atoms with Crippen molar-refractivity contribution in [3.63, 3.8) is 0 Å². The average molecular weight is 173 g/mol. The number of hydrogen-bond acceptors (Lipinski definition) is 4. The largest absolute Gasteiger partial charge is 0.481 e. The molecule has 2 atom stereocenters. The molecule has 1 aliphatic rings. The van der Waals surface area contributed by atoms with Crippen molar-refractivity contribution in [1.29, 1.82) is 0 Å². The third-order valence-corrected chi connectivity index (χ3v) is 1.64. The predicted molar refractivity (Wildman–Crippen MR) is 41.1 cm³/mol. The predicted octanol–water partition coefficient (Wildman–Crippen LogP) is -0.361. The molecule has 5 heteroatoms. The van der Waals surface area contributed by atoms with E-state index in [0.29, 0.717) is 5.90 Å². The molecular weight excluding hydrogens is 162 g/mol. The lowest BCUT2D eigenvalue weighted by Gasteiger charge is -2.10. The standard InChI is InChI=1S/C7H11NO4/c1-4-8-5(3-12-4)6(9)2-7(10)11/h5-6,9H,2-3H2,1H3,(H,10,11). The number of carboxylic acid groups (broad SMARTS) is 1. The Morgan fingerprint density at radius 1 is 1.92 bits per heavy atom. The van der Waals surface area contributed by atoms with Crippen molar-refractivity contribution >= 4 is 11.9 Å². The molecule has 1 rings (SSSR count). The van der Waals surface area contributed by atoms with E-state index in [1.807, 2.05) is 0 Å². The van der Waals surface area contributed by atoms with Crippen LogP contribution in [0.4, 0.5) is 0 Å². The van der Waals surface area contributed by atoms with Gasteiger partial charge in [-0.3, -0.25) is 4.79 Å². The molecule has 0 aromatic carbocycles. The summed E-state index contributed by atoms with van der Waals surface area (Å²) < 4.78 is 4.97. The van der Waals surface area contributed by atoms with Gasteiger partial charge in [0.2, 0.25) is 0 Å². The highest BCUT2D eigenvalue weighted by Gasteiger charge is 2.25. The minimum absolute atomic E-state index is 0.278. The molecule has 0 aromatic rings. The molecule has 0 bridgehead atoms. The molecule has 0 aliphatic carbocycles. The first kappa shape index (κ1) is 8.99. The Labute approximate surface area is 69.7 Å². The molecule has 68 valence electrons. The van der Waals surface area contributed by atoms with Crippen LogP contribution in [-0.4, -0.2) is 40.8 Å². The Morgan fingerprint density at radius 2 is 2.58 bits per heavy atom. The van der Waals surface area contributed by atoms with E-state index in [0.717, 1.165) is 0 Å². The number of aliphatic imine (C=N–C) groups is 1. The van der Waals surface area contributed by atoms with Crippen LogP contribution in [0.2, 0.25) is 0 Å². The van der Waals surface area contributed by atoms with Gasteiger partial charge in [0.1, 0.15) is 12.6 Å². The van der Waals surface area contributed by atoms with Crippen molar-refractivity contribution < 1.29 is 19.7 Å². The fourth-order valence-corrected chi connectivity index (χ4v) is 1.03. The molecule has 12 heavy (non-hydrogen) atoms. The number of nitrogens with zero attached hydrogens (tertiary/aromatic N) is 1. The maximum Gasteiger partial charge on any atom is 0.306 e. The van der Waals surface area contributed by atoms with E-state index < -0.39 is 18.1 Å². The van der Waals surface area contributed by atoms with Crippen LogP contribution in [0.3, 0.4) is 0 Å². The first-order valence-corrected chi connectivity index (χ1v) is 3.66. The molecule has 0 aromatic heterocycles. The van der Waals surface area contributed by atoms with Crippen LogP contribution in [0, 0.1) is 0 Å². The van der Waals surface area contributed by atoms with E-state index in [1.54, 1.807) is 6.92 Å². The summed E-state index contributed by atoms with van der Waals surface area (Å²) in [5.41, 5.74) is 0. The van der Waals surface area contributed by atoms with Crippen molar-refractivity contribution in [3.8, 4) is 0 Å². The molecule has 1 aliphatic heterocycles. The second kappa shape index (κ2) is 3.53. The number of hydrogen-bond donors (Lipinski definition) is 2. The molecule has 1 heterocycles. The Balaban J connectivity index is 2.43. The van der Waals surface area contributed by atoms with Gasteiger partial charge in [0.05, 0.1) is 12.5 Å². The smallest absolute Gasteiger partial charge is 0.306 e. The number of rotatable bonds is 3. The van der Waals surface area contributed by atoms with E-state index >= 15 is 0 Å². The number of aliphatic hydroxyl groups is 1. The Bertz CT molecular complexity index is 213. The summed E-state index contributed by atoms with van der Waals surface area (Å²) in [4.78, 5) is 14.1. The van der Waals surface area contributed by atoms with Crippen LogP contribution < -0.4 is 0 Å². The van der Waals surface area contributed by atoms with Gasteiger partial charge < -0.3 is 14.9 Å². The summed E-state index contributed by atoms with van der Waals surface area (Å²) >= 11 is 0. The lowest BCUT2D eigenvalue weighted by molar-refractivity contribution is -0.139. The number of carbonyl (C=O) groups is 1. The van der Waals surface area contributed by atoms with Crippen molar-refractivity contribution in [2.75, 3.05) is 6.61 Å². The van der Waals surface area contributed by atoms with Gasteiger partial charge in [-0.05, 0) is 0 Å². The van der Waals surface area contributed by atoms with Gasteiger partial charge in [-0.1, -0.05) is 0 Å². The van der Waals surface area contributed by atoms with Crippen molar-refractivity contribution in [1.82, 2.24) is 0 Å². The van der Waals surface area contributed by atoms with Crippen LogP contribution in [-0.2, 0) is 9.53 Å². The highest BCUT2D eigenvalue weighted by Crippen LogP contribution is 2.10. The molecule has 2 N–H and O–H groups in total. The van der Waals surface area contributed by atoms with Gasteiger partial charge >= 0.3 is 5.97 Å². The van der Waals surface area contributed by atoms with E-state index in [1.165, 1.54) is 0 Å². The SMILES string of the molecule is CC1=NC(C(O)CC(=O)O)CO1. The molecule has 0 saturated heterocycles. The first-order chi connectivity index (χ1) is 5.59. The minimum Gasteiger partial charge on any atom is -0.481 e. The second-order valence-corrected chi connectivity index (χ2v) is 2.69. The topological polar surface area (TPSA) is 79.1 Å². The summed E-state index contributed by atoms with van der Waals surface area (Å²) in [6.45, 7) is 1.95. The fourth-order valence-electron chi connectivity index (χ4n) is 1.03. The molecule has 0 fully saturated rings. The van der Waals surface area contributed by atoms with Crippen LogP contribution in [0.15, 0.2) is 4.99 Å². The quantitative estimate of drug-likeness (QED) is 0.610. The van der Waals surface area contributed by atoms with E-state index in [9.17, 15) is 9.90 Å². The zero-order valence-corrected chi connectivity index (χ0v) is 6.73. The van der Waals surface area contributed by atoms with Gasteiger partial charge in [0, 0.05) is 6.92 Å². The molecular formula is C7H11NO4. The number of ether oxygens (including phenoxy) is 1. The molecule has 5 nitrogen and oxygen atoms in total. The highest BCUT2D eigenvalue weighted by molar-refractivity contribution is 5.75. The maximum atomic E-state index is 10.2. The third-order valence-electron chi connectivity index (χ3n) is 1.64. The summed E-state index contributed by atoms with van der Waals surface area (Å²) in [7, 11) is 0. The Morgan fingerprint density at radius 3 is 3.00 bits per heavy atom. The summed E-state index contributed by atoms with van der Waals surface area (Å²) in [6, 6.07) is -0.416. The Hall–Kier alpha value is -1.10. The van der Waals surface area contributed by atoms with Crippen molar-refractivity contribution in [2.45, 2.75) is 25.5 Å². The summed E-state index contributed by atoms with van der Waals surface area (Å²) in [5, 5.41) is 17.6. The highest BCUT2D eigenvalue weighted by atomic mass is 16.5. The van der Waals surface area contributed by atoms with Gasteiger partial charge in [-0.2, -0.15) is 0 Å². The van der Waals surface area contributed by atoms with Crippen LogP contribution in [0.1, 0.15) is 13.3 Å². The van der Waals surface area contributed by atoms with E-state index in [2.05, 4.69) is 4.99 Å². The maximum absolute atomic E-state index is 10.2. The number of aliphatic hydroxyl groups excluding tert-OH is 1. The zero-order valence-electron chi connectivity index (χ0n) is 6.73. The van der Waals surface area contributed by atoms with Gasteiger partial charge in [-0.25, -0.2) is 4.99 Å². The monoisotopic (exact) mass is 173 g/mol. The van der Waals surface area contributed by atoms with E-state index in [-0.39, 0.29) is 13.0 Å². The van der Waals surface area contributed by atoms with Gasteiger partial charge in [0.15, 0.2) is 5.90 Å². The Kier molecular flexibility index (Phi) is 2.65. The first-order valence-electron chi connectivity index (χ1n) is 3.66. The van der Waals surface area contributed by atoms with E-state index in [4.69, 9.17) is 9.84 Å². The molecule has 2 unspecified atom stereocenters. The van der Waals surface area contributed by atoms with Crippen LogP contribution in [0.25, 0.3) is 0 Å². The van der Waals surface area contributed by atoms with Gasteiger partial charge in [0.25, 0.3) is 0 Å². The molecule has 0 spiro atoms. The average Bonchev–Trinajstić information content (AvgIpc) is 2.34. The lowest BCUT2D eigenvalue weighted by atomic mass is 10.1. The van der Waals surface area contributed by atoms with Crippen molar-refractivity contribution in [3.05, 3.63) is 0 Å². The minimum atomic E-state index is -1.03. The fraction of sp³-hybridized carbons (Fsp3) is 0.714. The number of aliphatic carboxylic acids is 1. The molecule has 0 amide bonds. The zero-order chi connectivity index (χ0) is 9.14. The third kappa shape index (κ3) is 2.20. The molecule has 0 saturated carbocycles. The number of carboxylic acids is 1. The van der Waals surface area contributed by atoms with Crippen molar-refractivity contribution in [2.24, 2.45) is 4.99 Å². The summed E-state index contributed by atoms with van der Waals surface area (Å²) in [5.74, 6) is -0.522. The lowest BCUT2D eigenvalue weighted by Crippen LogP contribution is -2.28. The normalized spacial score (nSPS) is 24.5. The summed E-state index contributed by atoms with van der Waals surface area (Å²) in [6.07, 6.45) is -1.23. The van der Waals surface area contributed by atoms with Gasteiger partial charge in [-0.15, -0.1) is 0 Å². The van der Waals surface area contributed by atoms with Crippen LogP contribution >= 0.6 is 0 Å². The van der Waals surface area contributed by atoms with Crippen LogP contribution in [0.5, 0.6) is 0 Å². The second-order valence-electron chi connectivity index (χ2n) is 2.69.